The average Bonchev–Trinajstić information content (AvgIpc) is 3.37. The fourth-order valence-corrected chi connectivity index (χ4v) is 5.45. The van der Waals surface area contributed by atoms with E-state index < -0.39 is 0 Å². The lowest BCUT2D eigenvalue weighted by atomic mass is 9.94. The molecule has 1 amide bonds. The van der Waals surface area contributed by atoms with Crippen molar-refractivity contribution < 1.29 is 9.18 Å². The highest BCUT2D eigenvalue weighted by Crippen LogP contribution is 2.36. The van der Waals surface area contributed by atoms with Crippen LogP contribution < -0.4 is 0 Å². The minimum atomic E-state index is -0.289. The van der Waals surface area contributed by atoms with Crippen LogP contribution in [0, 0.1) is 11.7 Å². The molecule has 1 fully saturated rings. The number of nitrogens with one attached hydrogen (secondary N) is 1. The molecule has 0 bridgehead atoms. The number of aryl methyl sites for hydroxylation is 1. The Bertz CT molecular complexity index is 1110. The molecule has 0 saturated carbocycles. The van der Waals surface area contributed by atoms with Crippen molar-refractivity contribution >= 4 is 29.1 Å². The molecule has 1 aromatic heterocycles. The van der Waals surface area contributed by atoms with Gasteiger partial charge in [0.1, 0.15) is 5.82 Å². The number of benzene rings is 2. The number of hydrogen-bond acceptors (Lipinski definition) is 2. The first kappa shape index (κ1) is 20.5. The van der Waals surface area contributed by atoms with E-state index in [1.54, 1.807) is 18.5 Å². The van der Waals surface area contributed by atoms with Gasteiger partial charge in [0.15, 0.2) is 0 Å². The molecular formula is C24H22Cl2FN3O. The van der Waals surface area contributed by atoms with Gasteiger partial charge in [-0.25, -0.2) is 9.37 Å². The molecule has 3 aromatic rings. The fraction of sp³-hybridized carbons (Fsp3) is 0.333. The van der Waals surface area contributed by atoms with E-state index in [1.807, 2.05) is 17.0 Å². The van der Waals surface area contributed by atoms with E-state index in [0.29, 0.717) is 16.5 Å². The van der Waals surface area contributed by atoms with Crippen LogP contribution in [0.1, 0.15) is 29.8 Å². The first-order chi connectivity index (χ1) is 15.0. The molecule has 2 unspecified atom stereocenters. The van der Waals surface area contributed by atoms with E-state index in [0.717, 1.165) is 54.6 Å². The molecular weight excluding hydrogens is 436 g/mol. The molecule has 1 aliphatic carbocycles. The van der Waals surface area contributed by atoms with Gasteiger partial charge in [-0.05, 0) is 66.6 Å². The summed E-state index contributed by atoms with van der Waals surface area (Å²) in [6, 6.07) is 10.1. The number of imidazole rings is 1. The van der Waals surface area contributed by atoms with E-state index in [-0.39, 0.29) is 23.7 Å². The number of amides is 1. The minimum absolute atomic E-state index is 0.118. The van der Waals surface area contributed by atoms with Crippen molar-refractivity contribution in [2.45, 2.75) is 38.1 Å². The van der Waals surface area contributed by atoms with Crippen molar-refractivity contribution in [1.29, 1.82) is 0 Å². The second-order valence-electron chi connectivity index (χ2n) is 8.37. The van der Waals surface area contributed by atoms with Gasteiger partial charge >= 0.3 is 0 Å². The summed E-state index contributed by atoms with van der Waals surface area (Å²) in [5.41, 5.74) is 4.74. The van der Waals surface area contributed by atoms with Gasteiger partial charge < -0.3 is 9.88 Å². The Morgan fingerprint density at radius 2 is 1.84 bits per heavy atom. The van der Waals surface area contributed by atoms with Crippen LogP contribution in [-0.2, 0) is 24.1 Å². The predicted octanol–water partition coefficient (Wildman–Crippen LogP) is 5.47. The van der Waals surface area contributed by atoms with Gasteiger partial charge in [0.25, 0.3) is 0 Å². The third-order valence-electron chi connectivity index (χ3n) is 6.52. The topological polar surface area (TPSA) is 49.0 Å². The maximum atomic E-state index is 13.2. The SMILES string of the molecule is O=C1C(Cc2c(Cl)cc(-c3ccc(F)cc3)cc2Cl)CCN1C1CCc2[nH]cnc2C1. The summed E-state index contributed by atoms with van der Waals surface area (Å²) in [5, 5.41) is 1.08. The van der Waals surface area contributed by atoms with Crippen LogP contribution in [0.5, 0.6) is 0 Å². The first-order valence-electron chi connectivity index (χ1n) is 10.5. The number of rotatable bonds is 4. The summed E-state index contributed by atoms with van der Waals surface area (Å²) in [4.78, 5) is 22.8. The zero-order valence-electron chi connectivity index (χ0n) is 16.9. The van der Waals surface area contributed by atoms with Gasteiger partial charge in [0, 0.05) is 40.7 Å². The second kappa shape index (κ2) is 8.29. The normalized spacial score (nSPS) is 20.9. The van der Waals surface area contributed by atoms with Crippen molar-refractivity contribution in [1.82, 2.24) is 14.9 Å². The van der Waals surface area contributed by atoms with E-state index in [2.05, 4.69) is 9.97 Å². The Kier molecular flexibility index (Phi) is 5.49. The summed E-state index contributed by atoms with van der Waals surface area (Å²) in [5.74, 6) is -0.227. The summed E-state index contributed by atoms with van der Waals surface area (Å²) < 4.78 is 13.2. The van der Waals surface area contributed by atoms with Crippen LogP contribution in [0.15, 0.2) is 42.7 Å². The van der Waals surface area contributed by atoms with E-state index >= 15 is 0 Å². The van der Waals surface area contributed by atoms with Crippen LogP contribution >= 0.6 is 23.2 Å². The van der Waals surface area contributed by atoms with Gasteiger partial charge in [-0.1, -0.05) is 35.3 Å². The lowest BCUT2D eigenvalue weighted by molar-refractivity contribution is -0.133. The first-order valence-corrected chi connectivity index (χ1v) is 11.3. The molecule has 2 aliphatic rings. The third-order valence-corrected chi connectivity index (χ3v) is 7.20. The standard InChI is InChI=1S/C24H22Cl2FN3O/c25-20-10-16(14-1-3-17(27)4-2-14)11-21(26)19(20)9-15-7-8-30(24(15)31)18-5-6-22-23(12-18)29-13-28-22/h1-4,10-11,13,15,18H,5-9,12H2,(H,28,29). The monoisotopic (exact) mass is 457 g/mol. The smallest absolute Gasteiger partial charge is 0.226 e. The summed E-state index contributed by atoms with van der Waals surface area (Å²) in [6.07, 6.45) is 5.76. The number of carbonyl (C=O) groups excluding carboxylic acids is 1. The van der Waals surface area contributed by atoms with Crippen molar-refractivity contribution in [2.24, 2.45) is 5.92 Å². The number of carbonyl (C=O) groups is 1. The van der Waals surface area contributed by atoms with Gasteiger partial charge in [0.05, 0.1) is 12.0 Å². The van der Waals surface area contributed by atoms with Crippen molar-refractivity contribution in [2.75, 3.05) is 6.54 Å². The van der Waals surface area contributed by atoms with Crippen LogP contribution in [0.3, 0.4) is 0 Å². The number of hydrogen-bond donors (Lipinski definition) is 1. The average molecular weight is 458 g/mol. The van der Waals surface area contributed by atoms with Crippen molar-refractivity contribution in [3.05, 3.63) is 75.5 Å². The zero-order valence-corrected chi connectivity index (χ0v) is 18.4. The fourth-order valence-electron chi connectivity index (χ4n) is 4.81. The van der Waals surface area contributed by atoms with E-state index in [4.69, 9.17) is 23.2 Å². The Morgan fingerprint density at radius 3 is 2.58 bits per heavy atom. The maximum absolute atomic E-state index is 13.2. The minimum Gasteiger partial charge on any atom is -0.348 e. The Hall–Kier alpha value is -2.37. The summed E-state index contributed by atoms with van der Waals surface area (Å²) in [6.45, 7) is 0.761. The number of fused-ring (bicyclic) bond motifs is 1. The molecule has 7 heteroatoms. The summed E-state index contributed by atoms with van der Waals surface area (Å²) >= 11 is 13.2. The van der Waals surface area contributed by atoms with Gasteiger partial charge in [-0.3, -0.25) is 4.79 Å². The number of aromatic amines is 1. The molecule has 31 heavy (non-hydrogen) atoms. The van der Waals surface area contributed by atoms with Crippen LogP contribution in [-0.4, -0.2) is 33.4 Å². The molecule has 0 spiro atoms. The quantitative estimate of drug-likeness (QED) is 0.564. The number of halogens is 3. The second-order valence-corrected chi connectivity index (χ2v) is 9.19. The zero-order chi connectivity index (χ0) is 21.5. The molecule has 0 radical (unpaired) electrons. The largest absolute Gasteiger partial charge is 0.348 e. The lowest BCUT2D eigenvalue weighted by Gasteiger charge is -2.31. The van der Waals surface area contributed by atoms with Crippen LogP contribution in [0.4, 0.5) is 4.39 Å². The highest BCUT2D eigenvalue weighted by atomic mass is 35.5. The maximum Gasteiger partial charge on any atom is 0.226 e. The molecule has 5 rings (SSSR count). The number of likely N-dealkylation sites (tertiary alicyclic amines) is 1. The Morgan fingerprint density at radius 1 is 1.10 bits per heavy atom. The van der Waals surface area contributed by atoms with E-state index in [9.17, 15) is 9.18 Å². The van der Waals surface area contributed by atoms with Crippen LogP contribution in [0.25, 0.3) is 11.1 Å². The number of nitrogens with zero attached hydrogens (tertiary/aromatic N) is 2. The molecule has 1 aliphatic heterocycles. The Balaban J connectivity index is 1.31. The number of H-pyrrole nitrogens is 1. The highest BCUT2D eigenvalue weighted by molar-refractivity contribution is 6.36. The molecule has 2 aromatic carbocycles. The molecule has 4 nitrogen and oxygen atoms in total. The van der Waals surface area contributed by atoms with Gasteiger partial charge in [-0.2, -0.15) is 0 Å². The predicted molar refractivity (Wildman–Crippen MR) is 120 cm³/mol. The highest BCUT2D eigenvalue weighted by Gasteiger charge is 2.38. The summed E-state index contributed by atoms with van der Waals surface area (Å²) in [7, 11) is 0. The lowest BCUT2D eigenvalue weighted by Crippen LogP contribution is -2.41. The third kappa shape index (κ3) is 3.97. The number of aromatic nitrogens is 2. The molecule has 2 atom stereocenters. The molecule has 160 valence electrons. The van der Waals surface area contributed by atoms with Crippen molar-refractivity contribution in [3.63, 3.8) is 0 Å². The molecule has 2 heterocycles. The molecule has 1 N–H and O–H groups in total. The van der Waals surface area contributed by atoms with Crippen LogP contribution in [0.2, 0.25) is 10.0 Å². The van der Waals surface area contributed by atoms with Gasteiger partial charge in [0.2, 0.25) is 5.91 Å². The molecule has 1 saturated heterocycles. The van der Waals surface area contributed by atoms with Crippen molar-refractivity contribution in [3.8, 4) is 11.1 Å². The van der Waals surface area contributed by atoms with E-state index in [1.165, 1.54) is 17.8 Å². The Labute approximate surface area is 190 Å². The van der Waals surface area contributed by atoms with Gasteiger partial charge in [-0.15, -0.1) is 0 Å².